The maximum absolute atomic E-state index is 12.4. The van der Waals surface area contributed by atoms with Gasteiger partial charge in [-0.2, -0.15) is 0 Å². The SMILES string of the molecule is Cc1cc(C(=O)N2CCCN(CC=Cc3ccccc3)CC2)no1.O=CO. The third-order valence-electron chi connectivity index (χ3n) is 4.20. The molecule has 0 bridgehead atoms. The molecule has 0 spiro atoms. The van der Waals surface area contributed by atoms with Crippen molar-refractivity contribution in [1.82, 2.24) is 15.0 Å². The Morgan fingerprint density at radius 1 is 1.22 bits per heavy atom. The summed E-state index contributed by atoms with van der Waals surface area (Å²) < 4.78 is 5.01. The van der Waals surface area contributed by atoms with Crippen LogP contribution in [0.25, 0.3) is 6.08 Å². The van der Waals surface area contributed by atoms with Crippen LogP contribution in [0.5, 0.6) is 0 Å². The molecule has 1 aromatic heterocycles. The molecule has 1 aliphatic rings. The van der Waals surface area contributed by atoms with Crippen LogP contribution >= 0.6 is 0 Å². The molecule has 0 atom stereocenters. The standard InChI is InChI=1S/C19H23N3O2.CH2O2/c1-16-15-18(20-24-16)19(23)22-12-6-11-21(13-14-22)10-5-9-17-7-3-2-4-8-17;2-1-3/h2-5,7-9,15H,6,10-14H2,1H3;1H,(H,2,3). The Hall–Kier alpha value is -2.93. The smallest absolute Gasteiger partial charge is 0.290 e. The van der Waals surface area contributed by atoms with Crippen LogP contribution in [0.1, 0.15) is 28.2 Å². The molecule has 0 saturated carbocycles. The van der Waals surface area contributed by atoms with Gasteiger partial charge in [0.2, 0.25) is 0 Å². The fraction of sp³-hybridized carbons (Fsp3) is 0.350. The first kappa shape index (κ1) is 20.4. The summed E-state index contributed by atoms with van der Waals surface area (Å²) in [5, 5.41) is 10.7. The van der Waals surface area contributed by atoms with E-state index in [4.69, 9.17) is 14.4 Å². The van der Waals surface area contributed by atoms with Gasteiger partial charge in [0, 0.05) is 38.8 Å². The molecular weight excluding hydrogens is 346 g/mol. The molecule has 7 nitrogen and oxygen atoms in total. The Morgan fingerprint density at radius 3 is 2.63 bits per heavy atom. The van der Waals surface area contributed by atoms with E-state index < -0.39 is 0 Å². The van der Waals surface area contributed by atoms with Gasteiger partial charge in [-0.3, -0.25) is 14.5 Å². The van der Waals surface area contributed by atoms with Crippen molar-refractivity contribution in [3.63, 3.8) is 0 Å². The number of hydrogen-bond donors (Lipinski definition) is 1. The van der Waals surface area contributed by atoms with Crippen molar-refractivity contribution in [3.05, 3.63) is 59.5 Å². The summed E-state index contributed by atoms with van der Waals surface area (Å²) in [5.41, 5.74) is 1.62. The molecule has 3 rings (SSSR count). The zero-order chi connectivity index (χ0) is 19.5. The van der Waals surface area contributed by atoms with Gasteiger partial charge in [-0.15, -0.1) is 0 Å². The number of aromatic nitrogens is 1. The molecule has 0 aliphatic carbocycles. The van der Waals surface area contributed by atoms with Crippen LogP contribution < -0.4 is 0 Å². The second kappa shape index (κ2) is 10.9. The van der Waals surface area contributed by atoms with Crippen LogP contribution in [-0.4, -0.2) is 65.2 Å². The Morgan fingerprint density at radius 2 is 1.96 bits per heavy atom. The molecule has 1 N–H and O–H groups in total. The first-order valence-electron chi connectivity index (χ1n) is 8.88. The number of carbonyl (C=O) groups is 2. The lowest BCUT2D eigenvalue weighted by Crippen LogP contribution is -2.35. The van der Waals surface area contributed by atoms with Crippen LogP contribution in [0, 0.1) is 6.92 Å². The van der Waals surface area contributed by atoms with Gasteiger partial charge >= 0.3 is 0 Å². The van der Waals surface area contributed by atoms with Gasteiger partial charge < -0.3 is 14.5 Å². The minimum Gasteiger partial charge on any atom is -0.483 e. The number of benzene rings is 1. The van der Waals surface area contributed by atoms with Gasteiger partial charge in [0.05, 0.1) is 0 Å². The minimum atomic E-state index is -0.250. The number of hydrogen-bond acceptors (Lipinski definition) is 5. The van der Waals surface area contributed by atoms with Gasteiger partial charge in [0.25, 0.3) is 12.4 Å². The maximum atomic E-state index is 12.4. The number of carbonyl (C=O) groups excluding carboxylic acids is 1. The highest BCUT2D eigenvalue weighted by atomic mass is 16.5. The van der Waals surface area contributed by atoms with E-state index in [0.717, 1.165) is 39.1 Å². The molecule has 27 heavy (non-hydrogen) atoms. The first-order valence-corrected chi connectivity index (χ1v) is 8.88. The number of rotatable bonds is 4. The highest BCUT2D eigenvalue weighted by Crippen LogP contribution is 2.10. The van der Waals surface area contributed by atoms with E-state index in [-0.39, 0.29) is 12.4 Å². The van der Waals surface area contributed by atoms with Crippen molar-refractivity contribution in [2.24, 2.45) is 0 Å². The molecule has 1 aromatic carbocycles. The van der Waals surface area contributed by atoms with Gasteiger partial charge in [0.15, 0.2) is 5.69 Å². The molecule has 2 heterocycles. The largest absolute Gasteiger partial charge is 0.483 e. The Bertz CT molecular complexity index is 743. The van der Waals surface area contributed by atoms with Crippen LogP contribution in [0.4, 0.5) is 0 Å². The van der Waals surface area contributed by atoms with E-state index in [2.05, 4.69) is 34.3 Å². The van der Waals surface area contributed by atoms with E-state index in [9.17, 15) is 4.79 Å². The normalized spacial score (nSPS) is 15.1. The lowest BCUT2D eigenvalue weighted by Gasteiger charge is -2.20. The second-order valence-electron chi connectivity index (χ2n) is 6.19. The number of amides is 1. The summed E-state index contributed by atoms with van der Waals surface area (Å²) >= 11 is 0. The molecule has 1 amide bonds. The van der Waals surface area contributed by atoms with Gasteiger partial charge in [-0.05, 0) is 18.9 Å². The van der Waals surface area contributed by atoms with Gasteiger partial charge in [-0.25, -0.2) is 0 Å². The Balaban J connectivity index is 0.000000817. The van der Waals surface area contributed by atoms with Crippen molar-refractivity contribution in [2.75, 3.05) is 32.7 Å². The second-order valence-corrected chi connectivity index (χ2v) is 6.19. The minimum absolute atomic E-state index is 0.0338. The molecule has 0 radical (unpaired) electrons. The lowest BCUT2D eigenvalue weighted by atomic mass is 10.2. The molecule has 1 fully saturated rings. The summed E-state index contributed by atoms with van der Waals surface area (Å²) in [6.07, 6.45) is 5.31. The average Bonchev–Trinajstić information content (AvgIpc) is 2.97. The zero-order valence-corrected chi connectivity index (χ0v) is 15.5. The fourth-order valence-electron chi connectivity index (χ4n) is 2.89. The summed E-state index contributed by atoms with van der Waals surface area (Å²) in [6.45, 7) is 5.82. The Labute approximate surface area is 158 Å². The Kier molecular flexibility index (Phi) is 8.25. The van der Waals surface area contributed by atoms with Gasteiger partial charge in [0.1, 0.15) is 5.76 Å². The predicted molar refractivity (Wildman–Crippen MR) is 102 cm³/mol. The number of nitrogens with zero attached hydrogens (tertiary/aromatic N) is 3. The number of carboxylic acid groups (broad SMARTS) is 1. The molecule has 7 heteroatoms. The first-order chi connectivity index (χ1) is 13.1. The van der Waals surface area contributed by atoms with E-state index in [1.807, 2.05) is 23.1 Å². The molecule has 0 unspecified atom stereocenters. The van der Waals surface area contributed by atoms with E-state index in [1.54, 1.807) is 13.0 Å². The molecule has 1 saturated heterocycles. The van der Waals surface area contributed by atoms with Crippen molar-refractivity contribution in [1.29, 1.82) is 0 Å². The van der Waals surface area contributed by atoms with E-state index >= 15 is 0 Å². The molecule has 2 aromatic rings. The maximum Gasteiger partial charge on any atom is 0.290 e. The highest BCUT2D eigenvalue weighted by Gasteiger charge is 2.22. The fourth-order valence-corrected chi connectivity index (χ4v) is 2.89. The van der Waals surface area contributed by atoms with Crippen LogP contribution in [-0.2, 0) is 4.79 Å². The monoisotopic (exact) mass is 371 g/mol. The van der Waals surface area contributed by atoms with E-state index in [0.29, 0.717) is 11.5 Å². The van der Waals surface area contributed by atoms with Crippen LogP contribution in [0.3, 0.4) is 0 Å². The van der Waals surface area contributed by atoms with Crippen LogP contribution in [0.2, 0.25) is 0 Å². The van der Waals surface area contributed by atoms with E-state index in [1.165, 1.54) is 5.56 Å². The number of aryl methyl sites for hydroxylation is 1. The molecule has 144 valence electrons. The van der Waals surface area contributed by atoms with Crippen molar-refractivity contribution in [3.8, 4) is 0 Å². The third-order valence-corrected chi connectivity index (χ3v) is 4.20. The summed E-state index contributed by atoms with van der Waals surface area (Å²) in [4.78, 5) is 25.1. The molecule has 1 aliphatic heterocycles. The van der Waals surface area contributed by atoms with Crippen molar-refractivity contribution < 1.29 is 19.2 Å². The van der Waals surface area contributed by atoms with Crippen molar-refractivity contribution >= 4 is 18.5 Å². The summed E-state index contributed by atoms with van der Waals surface area (Å²) in [5.74, 6) is 0.634. The van der Waals surface area contributed by atoms with Crippen molar-refractivity contribution in [2.45, 2.75) is 13.3 Å². The zero-order valence-electron chi connectivity index (χ0n) is 15.5. The quantitative estimate of drug-likeness (QED) is 0.831. The average molecular weight is 371 g/mol. The molecular formula is C20H25N3O4. The third kappa shape index (κ3) is 6.71. The van der Waals surface area contributed by atoms with Crippen LogP contribution in [0.15, 0.2) is 47.0 Å². The topological polar surface area (TPSA) is 86.9 Å². The lowest BCUT2D eigenvalue weighted by molar-refractivity contribution is -0.122. The summed E-state index contributed by atoms with van der Waals surface area (Å²) in [7, 11) is 0. The van der Waals surface area contributed by atoms with Gasteiger partial charge in [-0.1, -0.05) is 47.6 Å². The predicted octanol–water partition coefficient (Wildman–Crippen LogP) is 2.55. The highest BCUT2D eigenvalue weighted by molar-refractivity contribution is 5.92. The summed E-state index contributed by atoms with van der Waals surface area (Å²) in [6, 6.07) is 12.0.